The Morgan fingerprint density at radius 3 is 3.42 bits per heavy atom. The quantitative estimate of drug-likeness (QED) is 0.521. The van der Waals surface area contributed by atoms with E-state index in [1.165, 1.54) is 7.11 Å². The molecule has 0 saturated heterocycles. The second kappa shape index (κ2) is 2.62. The lowest BCUT2D eigenvalue weighted by molar-refractivity contribution is -0.145. The topological polar surface area (TPSA) is 41.9 Å². The number of hydrogen-bond donors (Lipinski definition) is 0. The van der Waals surface area contributed by atoms with Gasteiger partial charge in [-0.3, -0.25) is 4.99 Å². The highest BCUT2D eigenvalue weighted by molar-refractivity contribution is 5.85. The Kier molecular flexibility index (Phi) is 1.60. The monoisotopic (exact) mass is 166 g/mol. The van der Waals surface area contributed by atoms with Gasteiger partial charge in [-0.15, -0.1) is 0 Å². The highest BCUT2D eigenvalue weighted by Crippen LogP contribution is 2.24. The molecule has 0 N–H and O–H groups in total. The van der Waals surface area contributed by atoms with Crippen LogP contribution in [0.3, 0.4) is 0 Å². The van der Waals surface area contributed by atoms with Gasteiger partial charge in [-0.1, -0.05) is 6.08 Å². The van der Waals surface area contributed by atoms with Crippen LogP contribution in [0.25, 0.3) is 0 Å². The summed E-state index contributed by atoms with van der Waals surface area (Å²) in [6, 6.07) is -0.146. The van der Waals surface area contributed by atoms with Gasteiger partial charge in [0.1, 0.15) is 12.7 Å². The molecule has 0 aliphatic carbocycles. The van der Waals surface area contributed by atoms with Gasteiger partial charge in [-0.25, -0.2) is 4.79 Å². The molecule has 0 amide bonds. The molecule has 1 atom stereocenters. The third kappa shape index (κ3) is 0.913. The summed E-state index contributed by atoms with van der Waals surface area (Å²) in [5, 5.41) is 0. The van der Waals surface area contributed by atoms with E-state index in [9.17, 15) is 4.79 Å². The third-order valence-corrected chi connectivity index (χ3v) is 2.19. The van der Waals surface area contributed by atoms with Gasteiger partial charge in [-0.2, -0.15) is 0 Å². The number of esters is 1. The van der Waals surface area contributed by atoms with E-state index in [2.05, 4.69) is 9.73 Å². The first-order valence-electron chi connectivity index (χ1n) is 3.87. The van der Waals surface area contributed by atoms with Crippen LogP contribution in [0.2, 0.25) is 0 Å². The highest BCUT2D eigenvalue weighted by atomic mass is 16.5. The molecule has 4 nitrogen and oxygen atoms in total. The minimum atomic E-state index is -0.174. The standard InChI is InChI=1S/C8H10N2O2/c1-12-8(11)7-3-2-6-4-9-5-10(6)7/h2,4,7H,3,5H2,1H3. The molecule has 0 fully saturated rings. The highest BCUT2D eigenvalue weighted by Gasteiger charge is 2.33. The zero-order valence-corrected chi connectivity index (χ0v) is 6.86. The Balaban J connectivity index is 2.11. The van der Waals surface area contributed by atoms with Gasteiger partial charge in [0.15, 0.2) is 0 Å². The molecule has 1 unspecified atom stereocenters. The van der Waals surface area contributed by atoms with Crippen molar-refractivity contribution in [2.75, 3.05) is 13.8 Å². The smallest absolute Gasteiger partial charge is 0.328 e. The van der Waals surface area contributed by atoms with E-state index >= 15 is 0 Å². The molecule has 2 aliphatic heterocycles. The maximum atomic E-state index is 11.2. The van der Waals surface area contributed by atoms with Gasteiger partial charge >= 0.3 is 5.97 Å². The maximum absolute atomic E-state index is 11.2. The summed E-state index contributed by atoms with van der Waals surface area (Å²) in [5.74, 6) is -0.174. The minimum absolute atomic E-state index is 0.146. The molecule has 0 aromatic heterocycles. The predicted molar refractivity (Wildman–Crippen MR) is 43.7 cm³/mol. The van der Waals surface area contributed by atoms with E-state index in [0.717, 1.165) is 12.1 Å². The molecule has 0 aromatic carbocycles. The van der Waals surface area contributed by atoms with E-state index in [1.54, 1.807) is 6.21 Å². The average Bonchev–Trinajstić information content (AvgIpc) is 2.62. The number of hydrogen-bond acceptors (Lipinski definition) is 4. The lowest BCUT2D eigenvalue weighted by Gasteiger charge is -2.20. The summed E-state index contributed by atoms with van der Waals surface area (Å²) in [6.45, 7) is 0.589. The summed E-state index contributed by atoms with van der Waals surface area (Å²) < 4.78 is 4.67. The summed E-state index contributed by atoms with van der Waals surface area (Å²) in [5.41, 5.74) is 1.05. The van der Waals surface area contributed by atoms with Crippen LogP contribution in [0, 0.1) is 0 Å². The van der Waals surface area contributed by atoms with E-state index in [-0.39, 0.29) is 12.0 Å². The Hall–Kier alpha value is -1.32. The molecule has 12 heavy (non-hydrogen) atoms. The van der Waals surface area contributed by atoms with Crippen molar-refractivity contribution >= 4 is 12.2 Å². The van der Waals surface area contributed by atoms with Crippen LogP contribution in [0.15, 0.2) is 16.8 Å². The van der Waals surface area contributed by atoms with E-state index in [4.69, 9.17) is 0 Å². The maximum Gasteiger partial charge on any atom is 0.328 e. The fraction of sp³-hybridized carbons (Fsp3) is 0.500. The normalized spacial score (nSPS) is 25.6. The fourth-order valence-corrected chi connectivity index (χ4v) is 1.55. The van der Waals surface area contributed by atoms with Crippen molar-refractivity contribution in [1.29, 1.82) is 0 Å². The van der Waals surface area contributed by atoms with Crippen LogP contribution in [-0.2, 0) is 9.53 Å². The SMILES string of the molecule is COC(=O)C1CC=C2C=NCN21. The van der Waals surface area contributed by atoms with Gasteiger partial charge in [0, 0.05) is 6.21 Å². The number of aliphatic imine (C=N–C) groups is 1. The minimum Gasteiger partial charge on any atom is -0.467 e. The molecule has 2 aliphatic rings. The van der Waals surface area contributed by atoms with Gasteiger partial charge < -0.3 is 9.64 Å². The molecular formula is C8H10N2O2. The summed E-state index contributed by atoms with van der Waals surface area (Å²) >= 11 is 0. The first kappa shape index (κ1) is 7.34. The molecule has 0 aromatic rings. The van der Waals surface area contributed by atoms with Crippen molar-refractivity contribution in [2.45, 2.75) is 12.5 Å². The van der Waals surface area contributed by atoms with Crippen LogP contribution in [-0.4, -0.2) is 36.9 Å². The molecule has 2 rings (SSSR count). The van der Waals surface area contributed by atoms with Crippen LogP contribution >= 0.6 is 0 Å². The van der Waals surface area contributed by atoms with Gasteiger partial charge in [0.25, 0.3) is 0 Å². The zero-order valence-electron chi connectivity index (χ0n) is 6.86. The van der Waals surface area contributed by atoms with Crippen molar-refractivity contribution in [1.82, 2.24) is 4.90 Å². The number of carbonyl (C=O) groups excluding carboxylic acids is 1. The van der Waals surface area contributed by atoms with Crippen molar-refractivity contribution < 1.29 is 9.53 Å². The van der Waals surface area contributed by atoms with Crippen LogP contribution in [0.5, 0.6) is 0 Å². The Labute approximate surface area is 70.5 Å². The number of carbonyl (C=O) groups is 1. The molecule has 0 saturated carbocycles. The molecule has 64 valence electrons. The van der Waals surface area contributed by atoms with E-state index in [1.807, 2.05) is 11.0 Å². The van der Waals surface area contributed by atoms with Crippen LogP contribution < -0.4 is 0 Å². The largest absolute Gasteiger partial charge is 0.467 e. The van der Waals surface area contributed by atoms with Crippen molar-refractivity contribution in [2.24, 2.45) is 4.99 Å². The number of methoxy groups -OCH3 is 1. The number of nitrogens with zero attached hydrogens (tertiary/aromatic N) is 2. The molecule has 0 radical (unpaired) electrons. The second-order valence-electron chi connectivity index (χ2n) is 2.83. The molecule has 0 bridgehead atoms. The summed E-state index contributed by atoms with van der Waals surface area (Å²) in [7, 11) is 1.41. The van der Waals surface area contributed by atoms with Crippen molar-refractivity contribution in [3.8, 4) is 0 Å². The fourth-order valence-electron chi connectivity index (χ4n) is 1.55. The van der Waals surface area contributed by atoms with Crippen molar-refractivity contribution in [3.63, 3.8) is 0 Å². The Morgan fingerprint density at radius 1 is 1.83 bits per heavy atom. The lowest BCUT2D eigenvalue weighted by Crippen LogP contribution is -2.35. The Morgan fingerprint density at radius 2 is 2.67 bits per heavy atom. The molecule has 2 heterocycles. The van der Waals surface area contributed by atoms with Crippen LogP contribution in [0.4, 0.5) is 0 Å². The first-order chi connectivity index (χ1) is 5.83. The first-order valence-corrected chi connectivity index (χ1v) is 3.87. The average molecular weight is 166 g/mol. The lowest BCUT2D eigenvalue weighted by atomic mass is 10.2. The summed E-state index contributed by atoms with van der Waals surface area (Å²) in [4.78, 5) is 17.2. The van der Waals surface area contributed by atoms with Gasteiger partial charge in [0.05, 0.1) is 12.8 Å². The number of rotatable bonds is 1. The van der Waals surface area contributed by atoms with E-state index < -0.39 is 0 Å². The van der Waals surface area contributed by atoms with Gasteiger partial charge in [-0.05, 0) is 6.42 Å². The summed E-state index contributed by atoms with van der Waals surface area (Å²) in [6.07, 6.45) is 4.55. The molecule has 0 spiro atoms. The molecular weight excluding hydrogens is 156 g/mol. The third-order valence-electron chi connectivity index (χ3n) is 2.19. The van der Waals surface area contributed by atoms with Gasteiger partial charge in [0.2, 0.25) is 0 Å². The number of allylic oxidation sites excluding steroid dienone is 1. The predicted octanol–water partition coefficient (Wildman–Crippen LogP) is 0.159. The Bertz CT molecular complexity index is 270. The number of ether oxygens (including phenoxy) is 1. The second-order valence-corrected chi connectivity index (χ2v) is 2.83. The number of fused-ring (bicyclic) bond motifs is 1. The van der Waals surface area contributed by atoms with Crippen LogP contribution in [0.1, 0.15) is 6.42 Å². The zero-order chi connectivity index (χ0) is 8.55. The van der Waals surface area contributed by atoms with Crippen molar-refractivity contribution in [3.05, 3.63) is 11.8 Å². The van der Waals surface area contributed by atoms with E-state index in [0.29, 0.717) is 6.67 Å². The molecule has 4 heteroatoms.